The highest BCUT2D eigenvalue weighted by Gasteiger charge is 2.11. The molecule has 0 saturated heterocycles. The van der Waals surface area contributed by atoms with Crippen molar-refractivity contribution in [2.24, 2.45) is 11.3 Å². The van der Waals surface area contributed by atoms with Gasteiger partial charge in [-0.25, -0.2) is 0 Å². The van der Waals surface area contributed by atoms with Gasteiger partial charge in [-0.3, -0.25) is 0 Å². The summed E-state index contributed by atoms with van der Waals surface area (Å²) in [6.45, 7) is 13.5. The molecule has 0 amide bonds. The molecule has 0 N–H and O–H groups in total. The van der Waals surface area contributed by atoms with Gasteiger partial charge in [-0.15, -0.1) is 0 Å². The lowest BCUT2D eigenvalue weighted by molar-refractivity contribution is 0.498. The number of allylic oxidation sites excluding steroid dienone is 2. The first-order valence-electron chi connectivity index (χ1n) is 4.51. The van der Waals surface area contributed by atoms with Gasteiger partial charge in [0.1, 0.15) is 0 Å². The lowest BCUT2D eigenvalue weighted by atomic mass is 9.86. The Balaban J connectivity index is 4.02. The molecule has 0 unspecified atom stereocenters. The maximum Gasteiger partial charge on any atom is -0.0176 e. The number of hydrogen-bond donors (Lipinski definition) is 0. The van der Waals surface area contributed by atoms with E-state index < -0.39 is 0 Å². The predicted octanol–water partition coefficient (Wildman–Crippen LogP) is 4.02. The van der Waals surface area contributed by atoms with Crippen LogP contribution < -0.4 is 0 Å². The Kier molecular flexibility index (Phi) is 3.85. The molecule has 66 valence electrons. The molecular formula is C11H22. The Morgan fingerprint density at radius 1 is 1.27 bits per heavy atom. The molecular weight excluding hydrogens is 132 g/mol. The Morgan fingerprint density at radius 3 is 2.00 bits per heavy atom. The molecule has 0 bridgehead atoms. The molecule has 0 aromatic carbocycles. The Bertz CT molecular complexity index is 133. The third-order valence-corrected chi connectivity index (χ3v) is 2.08. The minimum absolute atomic E-state index is 0.356. The average Bonchev–Trinajstić information content (AvgIpc) is 1.80. The molecule has 0 aromatic heterocycles. The summed E-state index contributed by atoms with van der Waals surface area (Å²) in [5.74, 6) is 0.785. The highest BCUT2D eigenvalue weighted by atomic mass is 14.2. The van der Waals surface area contributed by atoms with Crippen LogP contribution in [-0.2, 0) is 0 Å². The monoisotopic (exact) mass is 154 g/mol. The molecule has 0 saturated carbocycles. The maximum absolute atomic E-state index is 2.37. The molecule has 0 rings (SSSR count). The molecule has 0 aliphatic rings. The molecule has 0 nitrogen and oxygen atoms in total. The van der Waals surface area contributed by atoms with Crippen molar-refractivity contribution in [2.75, 3.05) is 0 Å². The molecule has 0 atom stereocenters. The van der Waals surface area contributed by atoms with Gasteiger partial charge in [0.25, 0.3) is 0 Å². The molecule has 0 heterocycles. The van der Waals surface area contributed by atoms with Gasteiger partial charge in [-0.05, 0) is 24.7 Å². The Hall–Kier alpha value is -0.260. The van der Waals surface area contributed by atoms with Crippen molar-refractivity contribution in [3.63, 3.8) is 0 Å². The highest BCUT2D eigenvalue weighted by Crippen LogP contribution is 2.25. The van der Waals surface area contributed by atoms with Gasteiger partial charge in [0.2, 0.25) is 0 Å². The van der Waals surface area contributed by atoms with Crippen LogP contribution >= 0.6 is 0 Å². The van der Waals surface area contributed by atoms with Crippen molar-refractivity contribution in [1.29, 1.82) is 0 Å². The van der Waals surface area contributed by atoms with Crippen LogP contribution in [0.5, 0.6) is 0 Å². The van der Waals surface area contributed by atoms with Crippen molar-refractivity contribution < 1.29 is 0 Å². The van der Waals surface area contributed by atoms with E-state index in [4.69, 9.17) is 0 Å². The van der Waals surface area contributed by atoms with E-state index in [0.717, 1.165) is 5.92 Å². The van der Waals surface area contributed by atoms with Crippen LogP contribution in [-0.4, -0.2) is 0 Å². The molecule has 11 heavy (non-hydrogen) atoms. The third kappa shape index (κ3) is 5.06. The normalized spacial score (nSPS) is 14.3. The van der Waals surface area contributed by atoms with Crippen LogP contribution in [0.3, 0.4) is 0 Å². The third-order valence-electron chi connectivity index (χ3n) is 2.08. The first kappa shape index (κ1) is 10.7. The van der Waals surface area contributed by atoms with Gasteiger partial charge in [-0.1, -0.05) is 46.3 Å². The van der Waals surface area contributed by atoms with Crippen molar-refractivity contribution in [1.82, 2.24) is 0 Å². The van der Waals surface area contributed by atoms with Gasteiger partial charge in [0.15, 0.2) is 0 Å². The summed E-state index contributed by atoms with van der Waals surface area (Å²) in [5, 5.41) is 0. The predicted molar refractivity (Wildman–Crippen MR) is 52.7 cm³/mol. The highest BCUT2D eigenvalue weighted by molar-refractivity contribution is 5.07. The maximum atomic E-state index is 2.37. The first-order valence-corrected chi connectivity index (χ1v) is 4.51. The average molecular weight is 154 g/mol. The van der Waals surface area contributed by atoms with Crippen molar-refractivity contribution in [3.05, 3.63) is 11.6 Å². The topological polar surface area (TPSA) is 0 Å². The fourth-order valence-corrected chi connectivity index (χ4v) is 0.719. The van der Waals surface area contributed by atoms with Gasteiger partial charge in [0, 0.05) is 0 Å². The number of hydrogen-bond acceptors (Lipinski definition) is 0. The SMILES string of the molecule is C/C(=C\CC(C)C)C(C)(C)C. The van der Waals surface area contributed by atoms with Gasteiger partial charge in [-0.2, -0.15) is 0 Å². The van der Waals surface area contributed by atoms with Gasteiger partial charge in [0.05, 0.1) is 0 Å². The molecule has 0 aliphatic heterocycles. The van der Waals surface area contributed by atoms with E-state index in [1.165, 1.54) is 12.0 Å². The standard InChI is InChI=1S/C11H22/c1-9(2)7-8-10(3)11(4,5)6/h8-9H,7H2,1-6H3/b10-8+. The lowest BCUT2D eigenvalue weighted by Crippen LogP contribution is -2.06. The van der Waals surface area contributed by atoms with Crippen LogP contribution in [0.1, 0.15) is 48.0 Å². The van der Waals surface area contributed by atoms with E-state index in [1.54, 1.807) is 0 Å². The van der Waals surface area contributed by atoms with Gasteiger partial charge < -0.3 is 0 Å². The quantitative estimate of drug-likeness (QED) is 0.527. The molecule has 0 radical (unpaired) electrons. The minimum atomic E-state index is 0.356. The summed E-state index contributed by atoms with van der Waals surface area (Å²) in [6, 6.07) is 0. The van der Waals surface area contributed by atoms with E-state index in [1.807, 2.05) is 0 Å². The molecule has 0 spiro atoms. The van der Waals surface area contributed by atoms with Crippen LogP contribution in [0.4, 0.5) is 0 Å². The zero-order valence-corrected chi connectivity index (χ0v) is 8.86. The van der Waals surface area contributed by atoms with E-state index in [2.05, 4.69) is 47.6 Å². The lowest BCUT2D eigenvalue weighted by Gasteiger charge is -2.19. The van der Waals surface area contributed by atoms with E-state index in [-0.39, 0.29) is 0 Å². The minimum Gasteiger partial charge on any atom is -0.0848 e. The molecule has 0 fully saturated rings. The van der Waals surface area contributed by atoms with Crippen molar-refractivity contribution >= 4 is 0 Å². The second kappa shape index (κ2) is 3.94. The first-order chi connectivity index (χ1) is 4.84. The van der Waals surface area contributed by atoms with Crippen LogP contribution in [0.25, 0.3) is 0 Å². The zero-order chi connectivity index (χ0) is 9.07. The fourth-order valence-electron chi connectivity index (χ4n) is 0.719. The summed E-state index contributed by atoms with van der Waals surface area (Å²) in [7, 11) is 0. The van der Waals surface area contributed by atoms with E-state index in [0.29, 0.717) is 5.41 Å². The van der Waals surface area contributed by atoms with E-state index in [9.17, 15) is 0 Å². The number of rotatable bonds is 2. The smallest absolute Gasteiger partial charge is 0.0176 e. The summed E-state index contributed by atoms with van der Waals surface area (Å²) in [6.07, 6.45) is 3.58. The van der Waals surface area contributed by atoms with Crippen LogP contribution in [0, 0.1) is 11.3 Å². The fraction of sp³-hybridized carbons (Fsp3) is 0.818. The largest absolute Gasteiger partial charge is 0.0848 e. The summed E-state index contributed by atoms with van der Waals surface area (Å²) in [4.78, 5) is 0. The Morgan fingerprint density at radius 2 is 1.73 bits per heavy atom. The van der Waals surface area contributed by atoms with Crippen LogP contribution in [0.15, 0.2) is 11.6 Å². The van der Waals surface area contributed by atoms with E-state index >= 15 is 0 Å². The Labute approximate surface area is 71.7 Å². The molecule has 0 heteroatoms. The van der Waals surface area contributed by atoms with Crippen molar-refractivity contribution in [3.8, 4) is 0 Å². The summed E-state index contributed by atoms with van der Waals surface area (Å²) >= 11 is 0. The zero-order valence-electron chi connectivity index (χ0n) is 8.86. The molecule has 0 aromatic rings. The second-order valence-corrected chi connectivity index (χ2v) is 4.77. The van der Waals surface area contributed by atoms with Gasteiger partial charge >= 0.3 is 0 Å². The van der Waals surface area contributed by atoms with Crippen molar-refractivity contribution in [2.45, 2.75) is 48.0 Å². The molecule has 0 aliphatic carbocycles. The summed E-state index contributed by atoms with van der Waals surface area (Å²) < 4.78 is 0. The summed E-state index contributed by atoms with van der Waals surface area (Å²) in [5.41, 5.74) is 1.86. The second-order valence-electron chi connectivity index (χ2n) is 4.77. The van der Waals surface area contributed by atoms with Crippen LogP contribution in [0.2, 0.25) is 0 Å².